The van der Waals surface area contributed by atoms with Crippen LogP contribution in [0.3, 0.4) is 0 Å². The summed E-state index contributed by atoms with van der Waals surface area (Å²) in [5, 5.41) is 21.2. The second-order valence-corrected chi connectivity index (χ2v) is 7.86. The molecule has 3 rings (SSSR count). The summed E-state index contributed by atoms with van der Waals surface area (Å²) in [7, 11) is 0. The van der Waals surface area contributed by atoms with Gasteiger partial charge in [-0.3, -0.25) is 0 Å². The van der Waals surface area contributed by atoms with Crippen molar-refractivity contribution in [2.24, 2.45) is 0 Å². The Hall–Kier alpha value is -3.09. The van der Waals surface area contributed by atoms with Crippen molar-refractivity contribution >= 4 is 16.9 Å². The molecule has 2 aromatic carbocycles. The zero-order valence-electron chi connectivity index (χ0n) is 18.3. The first-order valence-corrected chi connectivity index (χ1v) is 10.8. The van der Waals surface area contributed by atoms with Gasteiger partial charge in [0, 0.05) is 22.6 Å². The van der Waals surface area contributed by atoms with Crippen molar-refractivity contribution in [2.75, 3.05) is 13.2 Å². The van der Waals surface area contributed by atoms with E-state index in [-0.39, 0.29) is 6.61 Å². The molecule has 6 heteroatoms. The van der Waals surface area contributed by atoms with E-state index in [1.165, 1.54) is 0 Å². The van der Waals surface area contributed by atoms with Crippen LogP contribution in [0.4, 0.5) is 0 Å². The molecule has 0 aliphatic carbocycles. The number of furan rings is 1. The summed E-state index contributed by atoms with van der Waals surface area (Å²) in [4.78, 5) is 11.3. The summed E-state index contributed by atoms with van der Waals surface area (Å²) in [5.74, 6) is 1.06. The Morgan fingerprint density at radius 1 is 1.00 bits per heavy atom. The van der Waals surface area contributed by atoms with E-state index in [2.05, 4.69) is 6.58 Å². The molecule has 2 unspecified atom stereocenters. The lowest BCUT2D eigenvalue weighted by Crippen LogP contribution is -2.26. The maximum Gasteiger partial charge on any atom is 0.333 e. The molecule has 0 saturated carbocycles. The Kier molecular flexibility index (Phi) is 8.48. The number of fused-ring (bicyclic) bond motifs is 1. The van der Waals surface area contributed by atoms with Crippen LogP contribution in [-0.4, -0.2) is 41.6 Å². The van der Waals surface area contributed by atoms with Crippen molar-refractivity contribution in [3.05, 3.63) is 66.7 Å². The number of aliphatic hydroxyl groups is 2. The van der Waals surface area contributed by atoms with Crippen molar-refractivity contribution < 1.29 is 28.9 Å². The number of carbonyl (C=O) groups excluding carboxylic acids is 1. The van der Waals surface area contributed by atoms with Crippen LogP contribution in [0.2, 0.25) is 0 Å². The summed E-state index contributed by atoms with van der Waals surface area (Å²) < 4.78 is 16.7. The molecule has 32 heavy (non-hydrogen) atoms. The molecule has 3 aromatic rings. The summed E-state index contributed by atoms with van der Waals surface area (Å²) in [6.45, 7) is 5.70. The fourth-order valence-corrected chi connectivity index (χ4v) is 3.29. The van der Waals surface area contributed by atoms with Crippen LogP contribution in [0.5, 0.6) is 5.75 Å². The normalized spacial score (nSPS) is 13.0. The van der Waals surface area contributed by atoms with Gasteiger partial charge in [0.2, 0.25) is 0 Å². The highest BCUT2D eigenvalue weighted by Gasteiger charge is 2.16. The molecular formula is C26H30O6. The molecule has 2 N–H and O–H groups in total. The van der Waals surface area contributed by atoms with E-state index < -0.39 is 18.2 Å². The molecule has 170 valence electrons. The molecule has 1 heterocycles. The Labute approximate surface area is 188 Å². The highest BCUT2D eigenvalue weighted by atomic mass is 16.5. The van der Waals surface area contributed by atoms with Gasteiger partial charge in [0.15, 0.2) is 0 Å². The summed E-state index contributed by atoms with van der Waals surface area (Å²) in [6.07, 6.45) is 0.111. The zero-order chi connectivity index (χ0) is 22.9. The molecule has 0 saturated heterocycles. The number of aliphatic hydroxyl groups excluding tert-OH is 2. The first kappa shape index (κ1) is 23.6. The van der Waals surface area contributed by atoms with Crippen LogP contribution < -0.4 is 4.74 Å². The number of rotatable bonds is 12. The standard InChI is InChI=1S/C26H30O6/c1-18(2)26(29)31-15-7-11-23(28)22(27)10-6-14-30-21-13-12-20-16-24(32-25(20)17-21)19-8-4-3-5-9-19/h3-5,8-9,12-13,16-17,22-23,27-28H,1,6-7,10-11,14-15H2,2H3. The average Bonchev–Trinajstić information content (AvgIpc) is 3.23. The minimum atomic E-state index is -0.866. The lowest BCUT2D eigenvalue weighted by Gasteiger charge is -2.17. The molecule has 0 aliphatic heterocycles. The van der Waals surface area contributed by atoms with Gasteiger partial charge in [-0.25, -0.2) is 4.79 Å². The van der Waals surface area contributed by atoms with Crippen molar-refractivity contribution in [3.8, 4) is 17.1 Å². The molecule has 1 aromatic heterocycles. The van der Waals surface area contributed by atoms with E-state index in [9.17, 15) is 15.0 Å². The van der Waals surface area contributed by atoms with Crippen LogP contribution in [-0.2, 0) is 9.53 Å². The Balaban J connectivity index is 1.39. The minimum Gasteiger partial charge on any atom is -0.493 e. The number of benzene rings is 2. The van der Waals surface area contributed by atoms with Crippen molar-refractivity contribution in [3.63, 3.8) is 0 Å². The third kappa shape index (κ3) is 6.70. The third-order valence-electron chi connectivity index (χ3n) is 5.13. The van der Waals surface area contributed by atoms with E-state index in [1.54, 1.807) is 6.92 Å². The largest absolute Gasteiger partial charge is 0.493 e. The maximum atomic E-state index is 11.3. The van der Waals surface area contributed by atoms with Crippen LogP contribution in [0.1, 0.15) is 32.6 Å². The van der Waals surface area contributed by atoms with Crippen molar-refractivity contribution in [2.45, 2.75) is 44.8 Å². The smallest absolute Gasteiger partial charge is 0.333 e. The topological polar surface area (TPSA) is 89.1 Å². The Morgan fingerprint density at radius 3 is 2.38 bits per heavy atom. The van der Waals surface area contributed by atoms with Gasteiger partial charge < -0.3 is 24.1 Å². The molecule has 0 radical (unpaired) electrons. The first-order chi connectivity index (χ1) is 15.4. The lowest BCUT2D eigenvalue weighted by atomic mass is 10.0. The summed E-state index contributed by atoms with van der Waals surface area (Å²) in [5.41, 5.74) is 2.12. The zero-order valence-corrected chi connectivity index (χ0v) is 18.3. The molecule has 0 bridgehead atoms. The number of ether oxygens (including phenoxy) is 2. The van der Waals surface area contributed by atoms with Gasteiger partial charge in [0.1, 0.15) is 17.1 Å². The number of esters is 1. The first-order valence-electron chi connectivity index (χ1n) is 10.8. The fourth-order valence-electron chi connectivity index (χ4n) is 3.29. The second kappa shape index (κ2) is 11.5. The number of hydrogen-bond donors (Lipinski definition) is 2. The van der Waals surface area contributed by atoms with Gasteiger partial charge in [0.25, 0.3) is 0 Å². The quantitative estimate of drug-likeness (QED) is 0.238. The molecular weight excluding hydrogens is 408 g/mol. The molecule has 0 aliphatic rings. The fraction of sp³-hybridized carbons (Fsp3) is 0.346. The Bertz CT molecular complexity index is 1020. The van der Waals surface area contributed by atoms with Gasteiger partial charge in [-0.15, -0.1) is 0 Å². The molecule has 0 amide bonds. The van der Waals surface area contributed by atoms with Crippen molar-refractivity contribution in [1.29, 1.82) is 0 Å². The predicted octanol–water partition coefficient (Wildman–Crippen LogP) is 4.88. The SMILES string of the molecule is C=C(C)C(=O)OCCCC(O)C(O)CCCOc1ccc2cc(-c3ccccc3)oc2c1. The van der Waals surface area contributed by atoms with Gasteiger partial charge in [-0.1, -0.05) is 36.9 Å². The summed E-state index contributed by atoms with van der Waals surface area (Å²) in [6, 6.07) is 17.6. The van der Waals surface area contributed by atoms with Crippen LogP contribution in [0.25, 0.3) is 22.3 Å². The van der Waals surface area contributed by atoms with Gasteiger partial charge >= 0.3 is 5.97 Å². The maximum absolute atomic E-state index is 11.3. The van der Waals surface area contributed by atoms with Crippen LogP contribution in [0.15, 0.2) is 71.2 Å². The minimum absolute atomic E-state index is 0.194. The van der Waals surface area contributed by atoms with E-state index in [1.807, 2.05) is 54.6 Å². The van der Waals surface area contributed by atoms with Gasteiger partial charge in [-0.2, -0.15) is 0 Å². The average molecular weight is 439 g/mol. The van der Waals surface area contributed by atoms with Crippen LogP contribution >= 0.6 is 0 Å². The highest BCUT2D eigenvalue weighted by Crippen LogP contribution is 2.30. The number of carbonyl (C=O) groups is 1. The monoisotopic (exact) mass is 438 g/mol. The van der Waals surface area contributed by atoms with E-state index >= 15 is 0 Å². The highest BCUT2D eigenvalue weighted by molar-refractivity contribution is 5.87. The number of hydrogen-bond acceptors (Lipinski definition) is 6. The lowest BCUT2D eigenvalue weighted by molar-refractivity contribution is -0.139. The van der Waals surface area contributed by atoms with Crippen LogP contribution in [0, 0.1) is 0 Å². The second-order valence-electron chi connectivity index (χ2n) is 7.86. The molecule has 0 fully saturated rings. The van der Waals surface area contributed by atoms with Crippen molar-refractivity contribution in [1.82, 2.24) is 0 Å². The van der Waals surface area contributed by atoms with Gasteiger partial charge in [0.05, 0.1) is 25.4 Å². The van der Waals surface area contributed by atoms with E-state index in [0.717, 1.165) is 22.3 Å². The third-order valence-corrected chi connectivity index (χ3v) is 5.13. The van der Waals surface area contributed by atoms with Gasteiger partial charge in [-0.05, 0) is 50.8 Å². The molecule has 0 spiro atoms. The summed E-state index contributed by atoms with van der Waals surface area (Å²) >= 11 is 0. The molecule has 6 nitrogen and oxygen atoms in total. The Morgan fingerprint density at radius 2 is 1.69 bits per heavy atom. The van der Waals surface area contributed by atoms with E-state index in [0.29, 0.717) is 43.6 Å². The predicted molar refractivity (Wildman–Crippen MR) is 123 cm³/mol. The van der Waals surface area contributed by atoms with E-state index in [4.69, 9.17) is 13.9 Å². The molecule has 2 atom stereocenters.